The van der Waals surface area contributed by atoms with Gasteiger partial charge in [0.1, 0.15) is 0 Å². The van der Waals surface area contributed by atoms with Crippen LogP contribution in [0, 0.1) is 0 Å². The quantitative estimate of drug-likeness (QED) is 0.782. The highest BCUT2D eigenvalue weighted by Crippen LogP contribution is 2.12. The molecule has 78 valence electrons. The zero-order valence-electron chi connectivity index (χ0n) is 7.53. The molecular weight excluding hydrogens is 223 g/mol. The van der Waals surface area contributed by atoms with Crippen LogP contribution in [0.1, 0.15) is 5.56 Å². The first-order valence-corrected chi connectivity index (χ1v) is 5.21. The SMILES string of the molecule is OC(CCl)[C@@H](O)Cc1ccc(Cl)cc1. The molecule has 0 fully saturated rings. The van der Waals surface area contributed by atoms with Gasteiger partial charge in [-0.05, 0) is 17.7 Å². The molecule has 4 heteroatoms. The Morgan fingerprint density at radius 3 is 2.14 bits per heavy atom. The van der Waals surface area contributed by atoms with Gasteiger partial charge in [-0.2, -0.15) is 0 Å². The standard InChI is InChI=1S/C10H12Cl2O2/c11-6-10(14)9(13)5-7-1-3-8(12)4-2-7/h1-4,9-10,13-14H,5-6H2/t9-,10?/m0/s1. The maximum atomic E-state index is 9.47. The molecular formula is C10H12Cl2O2. The van der Waals surface area contributed by atoms with E-state index >= 15 is 0 Å². The van der Waals surface area contributed by atoms with Crippen LogP contribution in [0.15, 0.2) is 24.3 Å². The lowest BCUT2D eigenvalue weighted by atomic mass is 10.1. The smallest absolute Gasteiger partial charge is 0.0937 e. The molecule has 0 heterocycles. The number of halogens is 2. The van der Waals surface area contributed by atoms with Gasteiger partial charge in [0.25, 0.3) is 0 Å². The normalized spacial score (nSPS) is 15.1. The average molecular weight is 235 g/mol. The number of alkyl halides is 1. The minimum Gasteiger partial charge on any atom is -0.390 e. The molecule has 0 amide bonds. The van der Waals surface area contributed by atoms with E-state index < -0.39 is 12.2 Å². The largest absolute Gasteiger partial charge is 0.390 e. The van der Waals surface area contributed by atoms with E-state index in [0.29, 0.717) is 11.4 Å². The Balaban J connectivity index is 2.56. The highest BCUT2D eigenvalue weighted by atomic mass is 35.5. The lowest BCUT2D eigenvalue weighted by Crippen LogP contribution is -2.29. The fraction of sp³-hybridized carbons (Fsp3) is 0.400. The van der Waals surface area contributed by atoms with Crippen LogP contribution in [0.5, 0.6) is 0 Å². The Hall–Kier alpha value is -0.280. The van der Waals surface area contributed by atoms with E-state index in [2.05, 4.69) is 0 Å². The van der Waals surface area contributed by atoms with E-state index in [0.717, 1.165) is 5.56 Å². The molecule has 1 aromatic carbocycles. The third kappa shape index (κ3) is 3.46. The maximum Gasteiger partial charge on any atom is 0.0937 e. The molecule has 0 aromatic heterocycles. The summed E-state index contributed by atoms with van der Waals surface area (Å²) in [6.45, 7) is 0. The fourth-order valence-corrected chi connectivity index (χ4v) is 1.43. The Kier molecular flexibility index (Phi) is 4.69. The third-order valence-corrected chi connectivity index (χ3v) is 2.53. The molecule has 2 atom stereocenters. The van der Waals surface area contributed by atoms with Crippen molar-refractivity contribution < 1.29 is 10.2 Å². The predicted molar refractivity (Wildman–Crippen MR) is 57.9 cm³/mol. The van der Waals surface area contributed by atoms with Gasteiger partial charge in [-0.3, -0.25) is 0 Å². The molecule has 2 nitrogen and oxygen atoms in total. The number of aliphatic hydroxyl groups is 2. The summed E-state index contributed by atoms with van der Waals surface area (Å²) in [4.78, 5) is 0. The van der Waals surface area contributed by atoms with Gasteiger partial charge in [0.05, 0.1) is 18.1 Å². The number of hydrogen-bond donors (Lipinski definition) is 2. The van der Waals surface area contributed by atoms with Crippen molar-refractivity contribution in [2.45, 2.75) is 18.6 Å². The molecule has 0 aliphatic heterocycles. The van der Waals surface area contributed by atoms with Crippen LogP contribution in [0.3, 0.4) is 0 Å². The van der Waals surface area contributed by atoms with Crippen molar-refractivity contribution in [1.82, 2.24) is 0 Å². The first-order chi connectivity index (χ1) is 6.63. The minimum absolute atomic E-state index is 0.0365. The van der Waals surface area contributed by atoms with E-state index in [1.807, 2.05) is 12.1 Å². The van der Waals surface area contributed by atoms with Gasteiger partial charge < -0.3 is 10.2 Å². The van der Waals surface area contributed by atoms with Crippen LogP contribution in [0.4, 0.5) is 0 Å². The van der Waals surface area contributed by atoms with Gasteiger partial charge in [-0.15, -0.1) is 11.6 Å². The molecule has 0 bridgehead atoms. The summed E-state index contributed by atoms with van der Waals surface area (Å²) in [5.74, 6) is 0.0365. The Labute approximate surface area is 93.1 Å². The molecule has 0 spiro atoms. The van der Waals surface area contributed by atoms with E-state index in [1.54, 1.807) is 12.1 Å². The molecule has 0 aliphatic carbocycles. The van der Waals surface area contributed by atoms with Crippen molar-refractivity contribution in [3.8, 4) is 0 Å². The van der Waals surface area contributed by atoms with Crippen molar-refractivity contribution in [2.75, 3.05) is 5.88 Å². The summed E-state index contributed by atoms with van der Waals surface area (Å²) in [5.41, 5.74) is 0.922. The molecule has 1 rings (SSSR count). The van der Waals surface area contributed by atoms with Gasteiger partial charge in [-0.1, -0.05) is 23.7 Å². The Morgan fingerprint density at radius 1 is 1.07 bits per heavy atom. The molecule has 14 heavy (non-hydrogen) atoms. The van der Waals surface area contributed by atoms with E-state index in [4.69, 9.17) is 23.2 Å². The molecule has 0 saturated heterocycles. The fourth-order valence-electron chi connectivity index (χ4n) is 1.10. The predicted octanol–water partition coefficient (Wildman–Crippen LogP) is 1.84. The van der Waals surface area contributed by atoms with Gasteiger partial charge in [0.15, 0.2) is 0 Å². The van der Waals surface area contributed by atoms with Crippen molar-refractivity contribution in [2.24, 2.45) is 0 Å². The van der Waals surface area contributed by atoms with E-state index in [1.165, 1.54) is 0 Å². The lowest BCUT2D eigenvalue weighted by molar-refractivity contribution is 0.0341. The number of hydrogen-bond acceptors (Lipinski definition) is 2. The number of benzene rings is 1. The first-order valence-electron chi connectivity index (χ1n) is 4.30. The summed E-state index contributed by atoms with van der Waals surface area (Å²) in [5, 5.41) is 19.4. The summed E-state index contributed by atoms with van der Waals surface area (Å²) >= 11 is 11.1. The second kappa shape index (κ2) is 5.56. The highest BCUT2D eigenvalue weighted by Gasteiger charge is 2.15. The Bertz CT molecular complexity index is 274. The van der Waals surface area contributed by atoms with Crippen molar-refractivity contribution in [3.63, 3.8) is 0 Å². The third-order valence-electron chi connectivity index (χ3n) is 1.96. The molecule has 0 aliphatic rings. The van der Waals surface area contributed by atoms with Crippen LogP contribution >= 0.6 is 23.2 Å². The van der Waals surface area contributed by atoms with Crippen LogP contribution < -0.4 is 0 Å². The zero-order valence-corrected chi connectivity index (χ0v) is 9.04. The van der Waals surface area contributed by atoms with Crippen molar-refractivity contribution >= 4 is 23.2 Å². The minimum atomic E-state index is -0.882. The van der Waals surface area contributed by atoms with Gasteiger partial charge in [-0.25, -0.2) is 0 Å². The number of rotatable bonds is 4. The monoisotopic (exact) mass is 234 g/mol. The van der Waals surface area contributed by atoms with Gasteiger partial charge >= 0.3 is 0 Å². The summed E-state index contributed by atoms with van der Waals surface area (Å²) < 4.78 is 0. The molecule has 0 radical (unpaired) electrons. The lowest BCUT2D eigenvalue weighted by Gasteiger charge is -2.15. The van der Waals surface area contributed by atoms with E-state index in [9.17, 15) is 10.2 Å². The number of aliphatic hydroxyl groups excluding tert-OH is 2. The molecule has 2 N–H and O–H groups in total. The highest BCUT2D eigenvalue weighted by molar-refractivity contribution is 6.30. The summed E-state index contributed by atoms with van der Waals surface area (Å²) in [6.07, 6.45) is -1.33. The van der Waals surface area contributed by atoms with Crippen LogP contribution in [0.25, 0.3) is 0 Å². The average Bonchev–Trinajstić information content (AvgIpc) is 2.20. The zero-order chi connectivity index (χ0) is 10.6. The van der Waals surface area contributed by atoms with Crippen molar-refractivity contribution in [3.05, 3.63) is 34.9 Å². The van der Waals surface area contributed by atoms with E-state index in [-0.39, 0.29) is 5.88 Å². The van der Waals surface area contributed by atoms with Gasteiger partial charge in [0.2, 0.25) is 0 Å². The second-order valence-electron chi connectivity index (χ2n) is 3.12. The first kappa shape index (κ1) is 11.8. The van der Waals surface area contributed by atoms with Crippen LogP contribution in [-0.4, -0.2) is 28.3 Å². The Morgan fingerprint density at radius 2 is 1.64 bits per heavy atom. The summed E-state index contributed by atoms with van der Waals surface area (Å²) in [6, 6.07) is 7.12. The van der Waals surface area contributed by atoms with Crippen molar-refractivity contribution in [1.29, 1.82) is 0 Å². The maximum absolute atomic E-state index is 9.47. The van der Waals surface area contributed by atoms with Crippen LogP contribution in [-0.2, 0) is 6.42 Å². The molecule has 1 aromatic rings. The topological polar surface area (TPSA) is 40.5 Å². The van der Waals surface area contributed by atoms with Crippen LogP contribution in [0.2, 0.25) is 5.02 Å². The molecule has 0 saturated carbocycles. The molecule has 1 unspecified atom stereocenters. The second-order valence-corrected chi connectivity index (χ2v) is 3.86. The van der Waals surface area contributed by atoms with Gasteiger partial charge in [0, 0.05) is 11.4 Å². The summed E-state index contributed by atoms with van der Waals surface area (Å²) in [7, 11) is 0.